The molecule has 1 saturated heterocycles. The summed E-state index contributed by atoms with van der Waals surface area (Å²) in [6, 6.07) is 24.7. The average molecular weight is 462 g/mol. The molecule has 0 bridgehead atoms. The Kier molecular flexibility index (Phi) is 7.31. The van der Waals surface area contributed by atoms with Gasteiger partial charge in [0.1, 0.15) is 12.7 Å². The predicted octanol–water partition coefficient (Wildman–Crippen LogP) is 3.01. The number of esters is 3. The summed E-state index contributed by atoms with van der Waals surface area (Å²) in [6.07, 6.45) is -5.24. The summed E-state index contributed by atoms with van der Waals surface area (Å²) in [7, 11) is 0. The monoisotopic (exact) mass is 462 g/mol. The second-order valence-corrected chi connectivity index (χ2v) is 7.51. The highest BCUT2D eigenvalue weighted by Crippen LogP contribution is 2.27. The van der Waals surface area contributed by atoms with E-state index in [2.05, 4.69) is 0 Å². The zero-order valence-electron chi connectivity index (χ0n) is 18.0. The van der Waals surface area contributed by atoms with Crippen LogP contribution in [0, 0.1) is 0 Å². The summed E-state index contributed by atoms with van der Waals surface area (Å²) in [5, 5.41) is 10.8. The van der Waals surface area contributed by atoms with Gasteiger partial charge in [0.05, 0.1) is 16.7 Å². The number of ether oxygens (including phenoxy) is 4. The maximum Gasteiger partial charge on any atom is 0.340 e. The minimum absolute atomic E-state index is 0.259. The molecular weight excluding hydrogens is 440 g/mol. The lowest BCUT2D eigenvalue weighted by Gasteiger charge is -2.20. The van der Waals surface area contributed by atoms with E-state index >= 15 is 0 Å². The molecule has 1 fully saturated rings. The molecule has 0 amide bonds. The average Bonchev–Trinajstić information content (AvgIpc) is 3.17. The van der Waals surface area contributed by atoms with Gasteiger partial charge in [-0.3, -0.25) is 0 Å². The molecule has 3 aromatic rings. The van der Waals surface area contributed by atoms with Crippen LogP contribution in [0.25, 0.3) is 0 Å². The van der Waals surface area contributed by atoms with Crippen molar-refractivity contribution in [2.45, 2.75) is 24.6 Å². The first-order valence-electron chi connectivity index (χ1n) is 10.6. The van der Waals surface area contributed by atoms with Gasteiger partial charge in [-0.25, -0.2) is 14.4 Å². The first-order valence-corrected chi connectivity index (χ1v) is 10.6. The molecule has 0 saturated carbocycles. The number of carbonyl (C=O) groups is 3. The SMILES string of the molecule is O=C(OC[C@H]1OC(OC(=O)c2ccccc2)C(O)[C@@H]1OC(=O)c1ccccc1)c1ccccc1. The minimum Gasteiger partial charge on any atom is -0.459 e. The molecule has 8 nitrogen and oxygen atoms in total. The molecule has 34 heavy (non-hydrogen) atoms. The third-order valence-electron chi connectivity index (χ3n) is 5.16. The summed E-state index contributed by atoms with van der Waals surface area (Å²) in [5.74, 6) is -2.04. The van der Waals surface area contributed by atoms with E-state index in [1.165, 1.54) is 0 Å². The first-order chi connectivity index (χ1) is 16.5. The molecule has 4 rings (SSSR count). The van der Waals surface area contributed by atoms with Crippen molar-refractivity contribution in [1.82, 2.24) is 0 Å². The van der Waals surface area contributed by atoms with Gasteiger partial charge in [-0.05, 0) is 36.4 Å². The quantitative estimate of drug-likeness (QED) is 0.422. The molecule has 1 aliphatic rings. The van der Waals surface area contributed by atoms with Gasteiger partial charge in [-0.15, -0.1) is 0 Å². The van der Waals surface area contributed by atoms with Crippen LogP contribution in [-0.2, 0) is 18.9 Å². The van der Waals surface area contributed by atoms with Gasteiger partial charge in [-0.1, -0.05) is 54.6 Å². The van der Waals surface area contributed by atoms with E-state index in [0.717, 1.165) is 0 Å². The minimum atomic E-state index is -1.50. The van der Waals surface area contributed by atoms with Crippen molar-refractivity contribution in [2.24, 2.45) is 0 Å². The molecule has 174 valence electrons. The Morgan fingerprint density at radius 3 is 1.62 bits per heavy atom. The van der Waals surface area contributed by atoms with Crippen LogP contribution >= 0.6 is 0 Å². The Hall–Kier alpha value is -4.01. The lowest BCUT2D eigenvalue weighted by molar-refractivity contribution is -0.139. The van der Waals surface area contributed by atoms with Crippen molar-refractivity contribution in [3.05, 3.63) is 108 Å². The summed E-state index contributed by atoms with van der Waals surface area (Å²) < 4.78 is 21.8. The fourth-order valence-corrected chi connectivity index (χ4v) is 3.41. The fraction of sp³-hybridized carbons (Fsp3) is 0.192. The Bertz CT molecular complexity index is 1120. The summed E-state index contributed by atoms with van der Waals surface area (Å²) in [6.45, 7) is -0.336. The maximum atomic E-state index is 12.6. The summed E-state index contributed by atoms with van der Waals surface area (Å²) in [4.78, 5) is 37.4. The van der Waals surface area contributed by atoms with Gasteiger partial charge in [-0.2, -0.15) is 0 Å². The highest BCUT2D eigenvalue weighted by atomic mass is 16.7. The number of aliphatic hydroxyl groups excluding tert-OH is 1. The van der Waals surface area contributed by atoms with Gasteiger partial charge in [0.15, 0.2) is 12.2 Å². The number of carbonyl (C=O) groups excluding carboxylic acids is 3. The molecular formula is C26H22O8. The van der Waals surface area contributed by atoms with Crippen LogP contribution in [0.1, 0.15) is 31.1 Å². The van der Waals surface area contributed by atoms with Crippen LogP contribution in [0.5, 0.6) is 0 Å². The third-order valence-corrected chi connectivity index (χ3v) is 5.16. The normalized spacial score (nSPS) is 21.4. The number of aliphatic hydroxyl groups is 1. The lowest BCUT2D eigenvalue weighted by atomic mass is 10.1. The molecule has 0 spiro atoms. The van der Waals surface area contributed by atoms with Crippen molar-refractivity contribution < 1.29 is 38.4 Å². The number of hydrogen-bond donors (Lipinski definition) is 1. The number of rotatable bonds is 7. The molecule has 0 aliphatic carbocycles. The Morgan fingerprint density at radius 2 is 1.12 bits per heavy atom. The van der Waals surface area contributed by atoms with Crippen LogP contribution in [0.4, 0.5) is 0 Å². The van der Waals surface area contributed by atoms with Crippen LogP contribution in [0.3, 0.4) is 0 Å². The van der Waals surface area contributed by atoms with E-state index in [1.54, 1.807) is 91.0 Å². The summed E-state index contributed by atoms with van der Waals surface area (Å²) in [5.41, 5.74) is 0.848. The second-order valence-electron chi connectivity index (χ2n) is 7.51. The van der Waals surface area contributed by atoms with Crippen LogP contribution in [-0.4, -0.2) is 54.2 Å². The highest BCUT2D eigenvalue weighted by molar-refractivity contribution is 5.90. The van der Waals surface area contributed by atoms with E-state index in [9.17, 15) is 19.5 Å². The molecule has 3 aromatic carbocycles. The molecule has 2 unspecified atom stereocenters. The van der Waals surface area contributed by atoms with Crippen molar-refractivity contribution >= 4 is 17.9 Å². The van der Waals surface area contributed by atoms with Gasteiger partial charge in [0.2, 0.25) is 6.29 Å². The van der Waals surface area contributed by atoms with E-state index in [0.29, 0.717) is 5.56 Å². The highest BCUT2D eigenvalue weighted by Gasteiger charge is 2.49. The van der Waals surface area contributed by atoms with E-state index in [1.807, 2.05) is 0 Å². The zero-order chi connectivity index (χ0) is 23.9. The van der Waals surface area contributed by atoms with Crippen molar-refractivity contribution in [2.75, 3.05) is 6.61 Å². The smallest absolute Gasteiger partial charge is 0.340 e. The Morgan fingerprint density at radius 1 is 0.676 bits per heavy atom. The van der Waals surface area contributed by atoms with E-state index in [4.69, 9.17) is 18.9 Å². The zero-order valence-corrected chi connectivity index (χ0v) is 18.0. The van der Waals surface area contributed by atoms with Gasteiger partial charge in [0, 0.05) is 0 Å². The van der Waals surface area contributed by atoms with Gasteiger partial charge in [0.25, 0.3) is 0 Å². The topological polar surface area (TPSA) is 108 Å². The van der Waals surface area contributed by atoms with Crippen molar-refractivity contribution in [1.29, 1.82) is 0 Å². The van der Waals surface area contributed by atoms with E-state index < -0.39 is 42.5 Å². The van der Waals surface area contributed by atoms with Crippen molar-refractivity contribution in [3.63, 3.8) is 0 Å². The molecule has 8 heteroatoms. The first kappa shape index (κ1) is 23.2. The largest absolute Gasteiger partial charge is 0.459 e. The van der Waals surface area contributed by atoms with Gasteiger partial charge < -0.3 is 24.1 Å². The lowest BCUT2D eigenvalue weighted by Crippen LogP contribution is -2.40. The molecule has 0 aromatic heterocycles. The van der Waals surface area contributed by atoms with Crippen LogP contribution in [0.2, 0.25) is 0 Å². The Balaban J connectivity index is 1.47. The van der Waals surface area contributed by atoms with Crippen molar-refractivity contribution in [3.8, 4) is 0 Å². The number of hydrogen-bond acceptors (Lipinski definition) is 8. The Labute approximate surface area is 195 Å². The molecule has 1 N–H and O–H groups in total. The molecule has 4 atom stereocenters. The maximum absolute atomic E-state index is 12.6. The summed E-state index contributed by atoms with van der Waals surface area (Å²) >= 11 is 0. The van der Waals surface area contributed by atoms with E-state index in [-0.39, 0.29) is 17.7 Å². The fourth-order valence-electron chi connectivity index (χ4n) is 3.41. The van der Waals surface area contributed by atoms with Gasteiger partial charge >= 0.3 is 17.9 Å². The second kappa shape index (κ2) is 10.7. The van der Waals surface area contributed by atoms with Crippen LogP contribution < -0.4 is 0 Å². The standard InChI is InChI=1S/C26H22O8/c27-21-22(33-24(29)18-12-6-2-7-13-18)20(16-31-23(28)17-10-4-1-5-11-17)32-26(21)34-25(30)19-14-8-3-9-15-19/h1-15,20-22,26-27H,16H2/t20-,21?,22-,26?/m1/s1. The predicted molar refractivity (Wildman–Crippen MR) is 119 cm³/mol. The number of benzene rings is 3. The molecule has 1 aliphatic heterocycles. The molecule has 1 heterocycles. The third kappa shape index (κ3) is 5.48. The molecule has 0 radical (unpaired) electrons. The van der Waals surface area contributed by atoms with Crippen LogP contribution in [0.15, 0.2) is 91.0 Å².